The average Bonchev–Trinajstić information content (AvgIpc) is 3.03. The van der Waals surface area contributed by atoms with Gasteiger partial charge >= 0.3 is 0 Å². The number of rotatable bonds is 4. The van der Waals surface area contributed by atoms with Crippen LogP contribution in [-0.4, -0.2) is 19.8 Å². The number of carbonyl (C=O) groups excluding carboxylic acids is 1. The van der Waals surface area contributed by atoms with Crippen LogP contribution in [0.4, 0.5) is 5.69 Å². The topological polar surface area (TPSA) is 68.0 Å². The van der Waals surface area contributed by atoms with E-state index in [1.54, 1.807) is 24.3 Å². The van der Waals surface area contributed by atoms with Gasteiger partial charge in [-0.3, -0.25) is 4.79 Å². The Hall–Kier alpha value is -2.08. The van der Waals surface area contributed by atoms with Gasteiger partial charge in [0, 0.05) is 6.42 Å². The summed E-state index contributed by atoms with van der Waals surface area (Å²) < 4.78 is 3.25. The molecule has 0 unspecified atom stereocenters. The number of carbonyl (C=O) groups is 1. The van der Waals surface area contributed by atoms with Crippen molar-refractivity contribution >= 4 is 46.4 Å². The molecule has 128 valence electrons. The fraction of sp³-hybridized carbons (Fsp3) is 0.118. The Kier molecular flexibility index (Phi) is 5.27. The second-order valence-corrected chi connectivity index (χ2v) is 7.46. The first-order valence-corrected chi connectivity index (χ1v) is 8.41. The highest BCUT2D eigenvalue weighted by atomic mass is 35.6. The quantitative estimate of drug-likeness (QED) is 0.653. The number of anilines is 1. The van der Waals surface area contributed by atoms with Gasteiger partial charge in [0.15, 0.2) is 5.82 Å². The van der Waals surface area contributed by atoms with Gasteiger partial charge in [-0.15, -0.1) is 0 Å². The van der Waals surface area contributed by atoms with E-state index in [0.29, 0.717) is 23.5 Å². The Morgan fingerprint density at radius 3 is 2.44 bits per heavy atom. The van der Waals surface area contributed by atoms with Gasteiger partial charge in [-0.25, -0.2) is 0 Å². The van der Waals surface area contributed by atoms with E-state index in [1.165, 1.54) is 0 Å². The molecule has 0 fully saturated rings. The molecule has 1 N–H and O–H groups in total. The first kappa shape index (κ1) is 17.7. The third kappa shape index (κ3) is 4.51. The number of benzene rings is 2. The summed E-state index contributed by atoms with van der Waals surface area (Å²) in [5.74, 6) is 0.0313. The second-order valence-electron chi connectivity index (χ2n) is 5.18. The molecule has 0 atom stereocenters. The summed E-state index contributed by atoms with van der Waals surface area (Å²) in [6.07, 6.45) is 0.535. The van der Waals surface area contributed by atoms with Gasteiger partial charge in [-0.1, -0.05) is 82.4 Å². The molecule has 0 aliphatic carbocycles. The van der Waals surface area contributed by atoms with Crippen molar-refractivity contribution in [1.82, 2.24) is 10.1 Å². The molecule has 3 rings (SSSR count). The molecule has 0 aliphatic rings. The number of nitrogens with zero attached hydrogens (tertiary/aromatic N) is 2. The average molecular weight is 397 g/mol. The van der Waals surface area contributed by atoms with Crippen molar-refractivity contribution in [1.29, 1.82) is 0 Å². The van der Waals surface area contributed by atoms with Crippen LogP contribution in [0.15, 0.2) is 59.1 Å². The highest BCUT2D eigenvalue weighted by molar-refractivity contribution is 6.76. The SMILES string of the molecule is O=C(Nc1ccccc1-c1nc(Cc2ccccc2)no1)C(Cl)(Cl)Cl. The van der Waals surface area contributed by atoms with Crippen LogP contribution in [0.2, 0.25) is 0 Å². The zero-order valence-electron chi connectivity index (χ0n) is 12.7. The van der Waals surface area contributed by atoms with Crippen molar-refractivity contribution in [2.75, 3.05) is 5.32 Å². The number of hydrogen-bond donors (Lipinski definition) is 1. The highest BCUT2D eigenvalue weighted by Gasteiger charge is 2.31. The Bertz CT molecular complexity index is 876. The largest absolute Gasteiger partial charge is 0.334 e. The Morgan fingerprint density at radius 2 is 1.72 bits per heavy atom. The fourth-order valence-corrected chi connectivity index (χ4v) is 2.33. The van der Waals surface area contributed by atoms with E-state index in [0.717, 1.165) is 5.56 Å². The molecular weight excluding hydrogens is 385 g/mol. The molecule has 0 saturated heterocycles. The maximum Gasteiger partial charge on any atom is 0.276 e. The normalized spacial score (nSPS) is 11.3. The first-order valence-electron chi connectivity index (χ1n) is 7.27. The molecule has 1 heterocycles. The minimum Gasteiger partial charge on any atom is -0.334 e. The Balaban J connectivity index is 1.84. The summed E-state index contributed by atoms with van der Waals surface area (Å²) in [5.41, 5.74) is 2.01. The molecule has 0 saturated carbocycles. The van der Waals surface area contributed by atoms with Crippen LogP contribution in [0.3, 0.4) is 0 Å². The monoisotopic (exact) mass is 395 g/mol. The van der Waals surface area contributed by atoms with E-state index in [-0.39, 0.29) is 5.89 Å². The molecule has 0 spiro atoms. The molecule has 8 heteroatoms. The van der Waals surface area contributed by atoms with Crippen LogP contribution >= 0.6 is 34.8 Å². The Labute approximate surface area is 158 Å². The van der Waals surface area contributed by atoms with Crippen LogP contribution in [0.25, 0.3) is 11.5 Å². The molecule has 0 bridgehead atoms. The molecule has 2 aromatic carbocycles. The van der Waals surface area contributed by atoms with Crippen molar-refractivity contribution in [2.45, 2.75) is 10.2 Å². The maximum atomic E-state index is 11.9. The van der Waals surface area contributed by atoms with Crippen LogP contribution in [0.1, 0.15) is 11.4 Å². The summed E-state index contributed by atoms with van der Waals surface area (Å²) in [5, 5.41) is 6.53. The lowest BCUT2D eigenvalue weighted by Crippen LogP contribution is -2.27. The van der Waals surface area contributed by atoms with Gasteiger partial charge in [0.2, 0.25) is 0 Å². The van der Waals surface area contributed by atoms with E-state index < -0.39 is 9.70 Å². The number of alkyl halides is 3. The van der Waals surface area contributed by atoms with E-state index in [2.05, 4.69) is 15.5 Å². The van der Waals surface area contributed by atoms with Gasteiger partial charge < -0.3 is 9.84 Å². The summed E-state index contributed by atoms with van der Waals surface area (Å²) in [6, 6.07) is 16.7. The predicted molar refractivity (Wildman–Crippen MR) is 97.9 cm³/mol. The summed E-state index contributed by atoms with van der Waals surface area (Å²) >= 11 is 16.8. The third-order valence-electron chi connectivity index (χ3n) is 3.34. The van der Waals surface area contributed by atoms with Gasteiger partial charge in [0.25, 0.3) is 15.6 Å². The van der Waals surface area contributed by atoms with Crippen LogP contribution in [0, 0.1) is 0 Å². The van der Waals surface area contributed by atoms with Crippen molar-refractivity contribution in [3.8, 4) is 11.5 Å². The lowest BCUT2D eigenvalue weighted by atomic mass is 10.1. The summed E-state index contributed by atoms with van der Waals surface area (Å²) in [7, 11) is 0. The molecule has 0 aliphatic heterocycles. The van der Waals surface area contributed by atoms with Crippen LogP contribution < -0.4 is 5.32 Å². The second kappa shape index (κ2) is 7.44. The van der Waals surface area contributed by atoms with Gasteiger partial charge in [-0.2, -0.15) is 4.98 Å². The van der Waals surface area contributed by atoms with Gasteiger partial charge in [0.1, 0.15) is 0 Å². The summed E-state index contributed by atoms with van der Waals surface area (Å²) in [4.78, 5) is 16.3. The van der Waals surface area contributed by atoms with Crippen LogP contribution in [0.5, 0.6) is 0 Å². The van der Waals surface area contributed by atoms with Crippen molar-refractivity contribution in [3.63, 3.8) is 0 Å². The number of aromatic nitrogens is 2. The number of nitrogens with one attached hydrogen (secondary N) is 1. The van der Waals surface area contributed by atoms with E-state index in [9.17, 15) is 4.79 Å². The lowest BCUT2D eigenvalue weighted by molar-refractivity contribution is -0.115. The van der Waals surface area contributed by atoms with Crippen molar-refractivity contribution in [2.24, 2.45) is 0 Å². The number of para-hydroxylation sites is 1. The number of halogens is 3. The molecule has 0 radical (unpaired) electrons. The fourth-order valence-electron chi connectivity index (χ4n) is 2.19. The molecular formula is C17H12Cl3N3O2. The molecule has 3 aromatic rings. The van der Waals surface area contributed by atoms with Crippen molar-refractivity contribution in [3.05, 3.63) is 66.0 Å². The van der Waals surface area contributed by atoms with E-state index >= 15 is 0 Å². The highest BCUT2D eigenvalue weighted by Crippen LogP contribution is 2.31. The standard InChI is InChI=1S/C17H12Cl3N3O2/c18-17(19,20)16(24)21-13-9-5-4-8-12(13)15-22-14(23-25-15)10-11-6-2-1-3-7-11/h1-9H,10H2,(H,21,24). The molecule has 1 amide bonds. The predicted octanol–water partition coefficient (Wildman–Crippen LogP) is 4.64. The number of hydrogen-bond acceptors (Lipinski definition) is 4. The Morgan fingerprint density at radius 1 is 1.04 bits per heavy atom. The van der Waals surface area contributed by atoms with Crippen molar-refractivity contribution < 1.29 is 9.32 Å². The molecule has 1 aromatic heterocycles. The van der Waals surface area contributed by atoms with E-state index in [1.807, 2.05) is 30.3 Å². The zero-order valence-corrected chi connectivity index (χ0v) is 15.0. The maximum absolute atomic E-state index is 11.9. The first-order chi connectivity index (χ1) is 11.9. The van der Waals surface area contributed by atoms with Crippen LogP contribution in [-0.2, 0) is 11.2 Å². The van der Waals surface area contributed by atoms with Gasteiger partial charge in [-0.05, 0) is 17.7 Å². The number of amides is 1. The minimum atomic E-state index is -2.07. The smallest absolute Gasteiger partial charge is 0.276 e. The lowest BCUT2D eigenvalue weighted by Gasteiger charge is -2.13. The molecule has 5 nitrogen and oxygen atoms in total. The molecule has 25 heavy (non-hydrogen) atoms. The van der Waals surface area contributed by atoms with E-state index in [4.69, 9.17) is 39.3 Å². The van der Waals surface area contributed by atoms with Gasteiger partial charge in [0.05, 0.1) is 11.3 Å². The minimum absolute atomic E-state index is 0.270. The zero-order chi connectivity index (χ0) is 17.9. The summed E-state index contributed by atoms with van der Waals surface area (Å²) in [6.45, 7) is 0. The third-order valence-corrected chi connectivity index (χ3v) is 3.85.